The molecular weight excluding hydrogens is 404 g/mol. The Kier molecular flexibility index (Phi) is 5.35. The van der Waals surface area contributed by atoms with E-state index in [-0.39, 0.29) is 6.10 Å². The fraction of sp³-hybridized carbons (Fsp3) is 0.385. The van der Waals surface area contributed by atoms with Crippen molar-refractivity contribution in [3.63, 3.8) is 0 Å². The number of hydrogen-bond donors (Lipinski definition) is 1. The minimum atomic E-state index is -1.76. The maximum Gasteiger partial charge on any atom is 0.348 e. The molecule has 32 heavy (non-hydrogen) atoms. The summed E-state index contributed by atoms with van der Waals surface area (Å²) in [6.07, 6.45) is 5.08. The Morgan fingerprint density at radius 3 is 2.50 bits per heavy atom. The highest BCUT2D eigenvalue weighted by atomic mass is 16.6. The zero-order valence-electron chi connectivity index (χ0n) is 18.4. The number of rotatable bonds is 6. The Labute approximate surface area is 188 Å². The molecule has 1 fully saturated rings. The molecule has 1 aromatic heterocycles. The second-order valence-electron chi connectivity index (χ2n) is 9.31. The normalized spacial score (nSPS) is 23.4. The molecule has 2 heterocycles. The van der Waals surface area contributed by atoms with Gasteiger partial charge in [-0.3, -0.25) is 0 Å². The van der Waals surface area contributed by atoms with Crippen LogP contribution in [0.2, 0.25) is 0 Å². The molecule has 0 spiro atoms. The van der Waals surface area contributed by atoms with Crippen LogP contribution in [-0.4, -0.2) is 53.5 Å². The first kappa shape index (κ1) is 20.9. The number of quaternary nitrogens is 1. The lowest BCUT2D eigenvalue weighted by atomic mass is 9.91. The Bertz CT molecular complexity index is 1070. The molecule has 3 aromatic rings. The molecular formula is C26H29N2O4+. The Morgan fingerprint density at radius 2 is 1.84 bits per heavy atom. The van der Waals surface area contributed by atoms with Gasteiger partial charge in [-0.25, -0.2) is 4.79 Å². The van der Waals surface area contributed by atoms with Crippen molar-refractivity contribution in [1.29, 1.82) is 0 Å². The summed E-state index contributed by atoms with van der Waals surface area (Å²) in [7, 11) is 2.22. The zero-order chi connectivity index (χ0) is 22.2. The Balaban J connectivity index is 1.30. The van der Waals surface area contributed by atoms with Crippen LogP contribution in [0, 0.1) is 0 Å². The summed E-state index contributed by atoms with van der Waals surface area (Å²) in [6.45, 7) is 2.80. The van der Waals surface area contributed by atoms with E-state index in [1.807, 2.05) is 54.6 Å². The van der Waals surface area contributed by atoms with Gasteiger partial charge in [0.2, 0.25) is 5.60 Å². The van der Waals surface area contributed by atoms with Crippen LogP contribution in [0.3, 0.4) is 0 Å². The topological polar surface area (TPSA) is 72.6 Å². The third-order valence-corrected chi connectivity index (χ3v) is 6.98. The molecule has 1 aliphatic heterocycles. The minimum absolute atomic E-state index is 0.211. The van der Waals surface area contributed by atoms with Crippen molar-refractivity contribution in [3.8, 4) is 11.1 Å². The predicted octanol–water partition coefficient (Wildman–Crippen LogP) is 3.68. The lowest BCUT2D eigenvalue weighted by Crippen LogP contribution is -2.55. The van der Waals surface area contributed by atoms with Crippen molar-refractivity contribution in [2.75, 3.05) is 26.7 Å². The van der Waals surface area contributed by atoms with Crippen molar-refractivity contribution >= 4 is 5.97 Å². The van der Waals surface area contributed by atoms with Crippen molar-refractivity contribution in [3.05, 3.63) is 77.7 Å². The van der Waals surface area contributed by atoms with Crippen LogP contribution in [0.25, 0.3) is 11.1 Å². The second kappa shape index (κ2) is 8.19. The maximum atomic E-state index is 13.4. The smallest absolute Gasteiger partial charge is 0.348 e. The average molecular weight is 434 g/mol. The first-order chi connectivity index (χ1) is 15.5. The van der Waals surface area contributed by atoms with E-state index in [2.05, 4.69) is 12.2 Å². The summed E-state index contributed by atoms with van der Waals surface area (Å²) in [5.41, 5.74) is 2.19. The van der Waals surface area contributed by atoms with Crippen molar-refractivity contribution < 1.29 is 23.6 Å². The molecule has 2 atom stereocenters. The number of carbonyl (C=O) groups excluding carboxylic acids is 1. The number of ether oxygens (including phenoxy) is 1. The first-order valence-electron chi connectivity index (χ1n) is 11.4. The molecule has 1 aliphatic carbocycles. The molecule has 5 rings (SSSR count). The molecule has 0 bridgehead atoms. The summed E-state index contributed by atoms with van der Waals surface area (Å²) in [5, 5.41) is 15.7. The SMILES string of the molecule is C[N@@+]1(CCCc2ccon2)CCCC(OC(=O)C2(O)c3ccccc3-c3ccccc32)C1. The predicted molar refractivity (Wildman–Crippen MR) is 120 cm³/mol. The lowest BCUT2D eigenvalue weighted by molar-refractivity contribution is -0.917. The number of aliphatic hydroxyl groups is 1. The van der Waals surface area contributed by atoms with Crippen LogP contribution < -0.4 is 0 Å². The molecule has 6 heteroatoms. The molecule has 166 valence electrons. The second-order valence-corrected chi connectivity index (χ2v) is 9.31. The number of likely N-dealkylation sites (tertiary alicyclic amines) is 1. The van der Waals surface area contributed by atoms with Crippen LogP contribution in [0.4, 0.5) is 0 Å². The number of nitrogens with zero attached hydrogens (tertiary/aromatic N) is 2. The highest BCUT2D eigenvalue weighted by Crippen LogP contribution is 2.48. The number of benzene rings is 2. The van der Waals surface area contributed by atoms with E-state index in [0.29, 0.717) is 11.1 Å². The summed E-state index contributed by atoms with van der Waals surface area (Å²) < 4.78 is 11.8. The summed E-state index contributed by atoms with van der Waals surface area (Å²) >= 11 is 0. The van der Waals surface area contributed by atoms with E-state index in [4.69, 9.17) is 9.26 Å². The van der Waals surface area contributed by atoms with Crippen molar-refractivity contribution in [1.82, 2.24) is 5.16 Å². The van der Waals surface area contributed by atoms with E-state index >= 15 is 0 Å². The van der Waals surface area contributed by atoms with Crippen LogP contribution in [0.15, 0.2) is 65.4 Å². The average Bonchev–Trinajstić information content (AvgIpc) is 3.40. The molecule has 2 aliphatic rings. The van der Waals surface area contributed by atoms with Crippen LogP contribution in [-0.2, 0) is 21.6 Å². The summed E-state index contributed by atoms with van der Waals surface area (Å²) in [4.78, 5) is 13.4. The van der Waals surface area contributed by atoms with Gasteiger partial charge >= 0.3 is 5.97 Å². The summed E-state index contributed by atoms with van der Waals surface area (Å²) in [5.74, 6) is -0.573. The number of hydrogen-bond acceptors (Lipinski definition) is 5. The first-order valence-corrected chi connectivity index (χ1v) is 11.4. The van der Waals surface area contributed by atoms with Crippen LogP contribution >= 0.6 is 0 Å². The fourth-order valence-electron chi connectivity index (χ4n) is 5.35. The molecule has 6 nitrogen and oxygen atoms in total. The van der Waals surface area contributed by atoms with Gasteiger partial charge in [-0.2, -0.15) is 0 Å². The van der Waals surface area contributed by atoms with E-state index in [1.165, 1.54) is 0 Å². The third kappa shape index (κ3) is 3.63. The van der Waals surface area contributed by atoms with Gasteiger partial charge in [-0.05, 0) is 24.0 Å². The Hall–Kier alpha value is -2.96. The van der Waals surface area contributed by atoms with Crippen molar-refractivity contribution in [2.24, 2.45) is 0 Å². The van der Waals surface area contributed by atoms with E-state index in [9.17, 15) is 9.90 Å². The quantitative estimate of drug-likeness (QED) is 0.474. The molecule has 1 saturated heterocycles. The van der Waals surface area contributed by atoms with E-state index < -0.39 is 11.6 Å². The number of fused-ring (bicyclic) bond motifs is 3. The maximum absolute atomic E-state index is 13.4. The van der Waals surface area contributed by atoms with Crippen molar-refractivity contribution in [2.45, 2.75) is 37.4 Å². The largest absolute Gasteiger partial charge is 0.454 e. The molecule has 0 saturated carbocycles. The van der Waals surface area contributed by atoms with Gasteiger partial charge in [0.05, 0.1) is 25.8 Å². The fourth-order valence-corrected chi connectivity index (χ4v) is 5.35. The summed E-state index contributed by atoms with van der Waals surface area (Å²) in [6, 6.07) is 17.0. The highest BCUT2D eigenvalue weighted by Gasteiger charge is 2.50. The number of aryl methyl sites for hydroxylation is 1. The standard InChI is InChI=1S/C26H29N2O4/c1-28(15-6-8-19-14-17-31-27-19)16-7-9-20(18-28)32-25(29)26(30)23-12-4-2-10-21(23)22-11-3-5-13-24(22)26/h2-5,10-14,17,20,30H,6-9,15-16,18H2,1H3/q+1/t20?,28-/m1/s1. The van der Waals surface area contributed by atoms with Crippen LogP contribution in [0.1, 0.15) is 36.1 Å². The molecule has 0 radical (unpaired) electrons. The minimum Gasteiger partial charge on any atom is -0.454 e. The van der Waals surface area contributed by atoms with Gasteiger partial charge in [-0.15, -0.1) is 0 Å². The number of carbonyl (C=O) groups is 1. The highest BCUT2D eigenvalue weighted by molar-refractivity contribution is 5.96. The zero-order valence-corrected chi connectivity index (χ0v) is 18.4. The van der Waals surface area contributed by atoms with Crippen LogP contribution in [0.5, 0.6) is 0 Å². The lowest BCUT2D eigenvalue weighted by Gasteiger charge is -2.41. The molecule has 0 amide bonds. The van der Waals surface area contributed by atoms with E-state index in [0.717, 1.165) is 66.6 Å². The number of esters is 1. The van der Waals surface area contributed by atoms with Gasteiger partial charge in [0.25, 0.3) is 0 Å². The molecule has 1 N–H and O–H groups in total. The number of aromatic nitrogens is 1. The van der Waals surface area contributed by atoms with Gasteiger partial charge < -0.3 is 18.8 Å². The van der Waals surface area contributed by atoms with Gasteiger partial charge in [-0.1, -0.05) is 53.7 Å². The third-order valence-electron chi connectivity index (χ3n) is 6.98. The monoisotopic (exact) mass is 433 g/mol. The van der Waals surface area contributed by atoms with E-state index in [1.54, 1.807) is 6.26 Å². The number of likely N-dealkylation sites (N-methyl/N-ethyl adjacent to an activating group) is 1. The molecule has 1 unspecified atom stereocenters. The van der Waals surface area contributed by atoms with Gasteiger partial charge in [0, 0.05) is 30.0 Å². The molecule has 2 aromatic carbocycles. The van der Waals surface area contributed by atoms with Gasteiger partial charge in [0.15, 0.2) is 6.10 Å². The van der Waals surface area contributed by atoms with Gasteiger partial charge in [0.1, 0.15) is 12.8 Å². The Morgan fingerprint density at radius 1 is 1.16 bits per heavy atom. The number of piperidine rings is 1.